The minimum atomic E-state index is 0.938. The van der Waals surface area contributed by atoms with Crippen molar-refractivity contribution < 1.29 is 4.42 Å². The zero-order valence-electron chi connectivity index (χ0n) is 7.70. The molecule has 1 aromatic heterocycles. The summed E-state index contributed by atoms with van der Waals surface area (Å²) in [6.07, 6.45) is 4.04. The summed E-state index contributed by atoms with van der Waals surface area (Å²) in [7, 11) is 0. The highest BCUT2D eigenvalue weighted by atomic mass is 32.2. The van der Waals surface area contributed by atoms with Gasteiger partial charge in [0.1, 0.15) is 11.3 Å². The van der Waals surface area contributed by atoms with E-state index < -0.39 is 0 Å². The van der Waals surface area contributed by atoms with E-state index in [1.165, 1.54) is 10.3 Å². The van der Waals surface area contributed by atoms with Crippen LogP contribution in [-0.4, -0.2) is 6.26 Å². The first kappa shape index (κ1) is 8.70. The van der Waals surface area contributed by atoms with Crippen LogP contribution in [-0.2, 0) is 0 Å². The second-order valence-corrected chi connectivity index (χ2v) is 3.72. The van der Waals surface area contributed by atoms with E-state index in [2.05, 4.69) is 30.5 Å². The van der Waals surface area contributed by atoms with Crippen molar-refractivity contribution in [3.63, 3.8) is 0 Å². The van der Waals surface area contributed by atoms with E-state index in [1.54, 1.807) is 11.8 Å². The Morgan fingerprint density at radius 1 is 1.31 bits per heavy atom. The normalized spacial score (nSPS) is 10.9. The lowest BCUT2D eigenvalue weighted by atomic mass is 10.2. The second-order valence-electron chi connectivity index (χ2n) is 2.84. The Bertz CT molecular complexity index is 415. The summed E-state index contributed by atoms with van der Waals surface area (Å²) in [5.74, 6) is 0.938. The van der Waals surface area contributed by atoms with Gasteiger partial charge in [-0.15, -0.1) is 11.8 Å². The molecule has 67 valence electrons. The highest BCUT2D eigenvalue weighted by Gasteiger charge is 2.02. The number of fused-ring (bicyclic) bond motifs is 1. The molecule has 0 amide bonds. The van der Waals surface area contributed by atoms with Crippen LogP contribution in [0.25, 0.3) is 11.0 Å². The van der Waals surface area contributed by atoms with E-state index in [4.69, 9.17) is 4.42 Å². The number of benzene rings is 1. The lowest BCUT2D eigenvalue weighted by Crippen LogP contribution is -1.67. The number of furan rings is 1. The standard InChI is InChI=1S/C11H11OS/c1-3-9-6-8-4-5-10(13-2)7-11(8)12-9/h3-7H,1-2H3. The van der Waals surface area contributed by atoms with Crippen molar-refractivity contribution in [3.05, 3.63) is 36.4 Å². The monoisotopic (exact) mass is 191 g/mol. The van der Waals surface area contributed by atoms with Gasteiger partial charge in [0.15, 0.2) is 0 Å². The molecule has 0 spiro atoms. The van der Waals surface area contributed by atoms with Gasteiger partial charge in [0.25, 0.3) is 0 Å². The fourth-order valence-electron chi connectivity index (χ4n) is 1.30. The van der Waals surface area contributed by atoms with Crippen LogP contribution in [0.3, 0.4) is 0 Å². The first-order chi connectivity index (χ1) is 6.33. The molecule has 13 heavy (non-hydrogen) atoms. The molecule has 0 saturated carbocycles. The van der Waals surface area contributed by atoms with Gasteiger partial charge < -0.3 is 4.42 Å². The number of hydrogen-bond acceptors (Lipinski definition) is 2. The van der Waals surface area contributed by atoms with E-state index in [1.807, 2.05) is 13.3 Å². The van der Waals surface area contributed by atoms with Crippen LogP contribution >= 0.6 is 11.8 Å². The van der Waals surface area contributed by atoms with Gasteiger partial charge in [-0.3, -0.25) is 0 Å². The molecular weight excluding hydrogens is 180 g/mol. The zero-order chi connectivity index (χ0) is 9.26. The molecule has 0 unspecified atom stereocenters. The molecule has 1 radical (unpaired) electrons. The molecule has 2 rings (SSSR count). The Morgan fingerprint density at radius 3 is 2.85 bits per heavy atom. The van der Waals surface area contributed by atoms with Gasteiger partial charge in [-0.1, -0.05) is 13.0 Å². The fraction of sp³-hybridized carbons (Fsp3) is 0.182. The largest absolute Gasteiger partial charge is 0.461 e. The third-order valence-electron chi connectivity index (χ3n) is 2.03. The second kappa shape index (κ2) is 3.46. The summed E-state index contributed by atoms with van der Waals surface area (Å²) in [5, 5.41) is 1.17. The van der Waals surface area contributed by atoms with Gasteiger partial charge in [-0.25, -0.2) is 0 Å². The summed E-state index contributed by atoms with van der Waals surface area (Å²) in [5.41, 5.74) is 0.972. The predicted octanol–water partition coefficient (Wildman–Crippen LogP) is 3.73. The van der Waals surface area contributed by atoms with Crippen LogP contribution in [0.1, 0.15) is 12.7 Å². The molecule has 0 bridgehead atoms. The number of rotatable bonds is 2. The summed E-state index contributed by atoms with van der Waals surface area (Å²) in [6.45, 7) is 1.98. The lowest BCUT2D eigenvalue weighted by Gasteiger charge is -1.93. The molecule has 1 aromatic carbocycles. The Morgan fingerprint density at radius 2 is 2.15 bits per heavy atom. The van der Waals surface area contributed by atoms with Crippen LogP contribution in [0.4, 0.5) is 0 Å². The van der Waals surface area contributed by atoms with Gasteiger partial charge >= 0.3 is 0 Å². The van der Waals surface area contributed by atoms with E-state index in [-0.39, 0.29) is 0 Å². The molecule has 0 N–H and O–H groups in total. The average Bonchev–Trinajstić information content (AvgIpc) is 2.58. The maximum Gasteiger partial charge on any atom is 0.135 e. The van der Waals surface area contributed by atoms with Crippen LogP contribution < -0.4 is 0 Å². The van der Waals surface area contributed by atoms with Crippen molar-refractivity contribution in [2.45, 2.75) is 11.8 Å². The smallest absolute Gasteiger partial charge is 0.135 e. The highest BCUT2D eigenvalue weighted by molar-refractivity contribution is 7.98. The van der Waals surface area contributed by atoms with Crippen molar-refractivity contribution in [2.24, 2.45) is 0 Å². The topological polar surface area (TPSA) is 13.1 Å². The molecular formula is C11H11OS. The van der Waals surface area contributed by atoms with Gasteiger partial charge in [0, 0.05) is 16.7 Å². The summed E-state index contributed by atoms with van der Waals surface area (Å²) in [4.78, 5) is 1.24. The lowest BCUT2D eigenvalue weighted by molar-refractivity contribution is 0.584. The predicted molar refractivity (Wildman–Crippen MR) is 57.1 cm³/mol. The van der Waals surface area contributed by atoms with Crippen LogP contribution in [0.15, 0.2) is 33.6 Å². The molecule has 0 aliphatic heterocycles. The summed E-state index contributed by atoms with van der Waals surface area (Å²) in [6, 6.07) is 8.34. The first-order valence-corrected chi connectivity index (χ1v) is 5.43. The van der Waals surface area contributed by atoms with E-state index in [0.29, 0.717) is 0 Å². The first-order valence-electron chi connectivity index (χ1n) is 4.20. The van der Waals surface area contributed by atoms with Crippen molar-refractivity contribution >= 4 is 22.7 Å². The minimum absolute atomic E-state index is 0.938. The highest BCUT2D eigenvalue weighted by Crippen LogP contribution is 2.25. The minimum Gasteiger partial charge on any atom is -0.461 e. The third kappa shape index (κ3) is 1.59. The van der Waals surface area contributed by atoms with Crippen LogP contribution in [0, 0.1) is 6.42 Å². The van der Waals surface area contributed by atoms with Gasteiger partial charge in [-0.2, -0.15) is 0 Å². The van der Waals surface area contributed by atoms with Crippen molar-refractivity contribution in [1.29, 1.82) is 0 Å². The molecule has 2 aromatic rings. The Labute approximate surface area is 82.1 Å². The van der Waals surface area contributed by atoms with Crippen molar-refractivity contribution in [1.82, 2.24) is 0 Å². The maximum absolute atomic E-state index is 5.59. The number of thioether (sulfide) groups is 1. The van der Waals surface area contributed by atoms with Crippen LogP contribution in [0.5, 0.6) is 0 Å². The SMILES string of the molecule is C[CH]c1cc2ccc(SC)cc2o1. The quantitative estimate of drug-likeness (QED) is 0.671. The van der Waals surface area contributed by atoms with Crippen molar-refractivity contribution in [3.8, 4) is 0 Å². The zero-order valence-corrected chi connectivity index (χ0v) is 8.52. The van der Waals surface area contributed by atoms with Gasteiger partial charge in [0.05, 0.1) is 0 Å². The van der Waals surface area contributed by atoms with Gasteiger partial charge in [0.2, 0.25) is 0 Å². The van der Waals surface area contributed by atoms with E-state index >= 15 is 0 Å². The fourth-order valence-corrected chi connectivity index (χ4v) is 1.73. The number of hydrogen-bond donors (Lipinski definition) is 0. The molecule has 0 atom stereocenters. The molecule has 0 aliphatic carbocycles. The molecule has 1 heterocycles. The van der Waals surface area contributed by atoms with Crippen molar-refractivity contribution in [2.75, 3.05) is 6.26 Å². The summed E-state index contributed by atoms with van der Waals surface area (Å²) < 4.78 is 5.59. The summed E-state index contributed by atoms with van der Waals surface area (Å²) >= 11 is 1.73. The molecule has 0 aliphatic rings. The van der Waals surface area contributed by atoms with Crippen LogP contribution in [0.2, 0.25) is 0 Å². The molecule has 1 nitrogen and oxygen atoms in total. The van der Waals surface area contributed by atoms with E-state index in [0.717, 1.165) is 11.3 Å². The molecule has 0 saturated heterocycles. The maximum atomic E-state index is 5.59. The Hall–Kier alpha value is -0.890. The Balaban J connectivity index is 2.57. The molecule has 0 fully saturated rings. The van der Waals surface area contributed by atoms with E-state index in [9.17, 15) is 0 Å². The van der Waals surface area contributed by atoms with Gasteiger partial charge in [-0.05, 0) is 24.5 Å². The average molecular weight is 191 g/mol. The Kier molecular flexibility index (Phi) is 2.32. The third-order valence-corrected chi connectivity index (χ3v) is 2.76. The molecule has 2 heteroatoms.